The molecule has 0 aliphatic carbocycles. The number of benzene rings is 2. The van der Waals surface area contributed by atoms with E-state index in [1.54, 1.807) is 30.3 Å². The lowest BCUT2D eigenvalue weighted by molar-refractivity contribution is -0.139. The van der Waals surface area contributed by atoms with Gasteiger partial charge in [0.25, 0.3) is 5.91 Å². The number of aromatic nitrogens is 1. The van der Waals surface area contributed by atoms with Crippen molar-refractivity contribution in [1.29, 1.82) is 0 Å². The Morgan fingerprint density at radius 1 is 1.06 bits per heavy atom. The molecule has 2 aromatic heterocycles. The first-order chi connectivity index (χ1) is 15.8. The summed E-state index contributed by atoms with van der Waals surface area (Å²) in [6.07, 6.45) is 1.49. The maximum absolute atomic E-state index is 12.7. The van der Waals surface area contributed by atoms with Crippen LogP contribution in [0.1, 0.15) is 20.0 Å². The van der Waals surface area contributed by atoms with Crippen LogP contribution in [0.25, 0.3) is 21.3 Å². The fourth-order valence-electron chi connectivity index (χ4n) is 3.12. The summed E-state index contributed by atoms with van der Waals surface area (Å²) >= 11 is 7.19. The number of pyridine rings is 1. The summed E-state index contributed by atoms with van der Waals surface area (Å²) in [5.74, 6) is -3.12. The van der Waals surface area contributed by atoms with E-state index in [9.17, 15) is 19.5 Å². The minimum Gasteiger partial charge on any atom is -0.479 e. The lowest BCUT2D eigenvalue weighted by atomic mass is 10.1. The number of anilines is 1. The highest BCUT2D eigenvalue weighted by molar-refractivity contribution is 7.18. The number of nitrogens with one attached hydrogen (secondary N) is 1. The monoisotopic (exact) mass is 482 g/mol. The van der Waals surface area contributed by atoms with Gasteiger partial charge in [-0.05, 0) is 29.8 Å². The Hall–Kier alpha value is -3.95. The molecule has 2 aromatic carbocycles. The summed E-state index contributed by atoms with van der Waals surface area (Å²) in [6, 6.07) is 15.9. The van der Waals surface area contributed by atoms with Crippen LogP contribution in [0.5, 0.6) is 5.75 Å². The van der Waals surface area contributed by atoms with Gasteiger partial charge in [-0.25, -0.2) is 9.59 Å². The van der Waals surface area contributed by atoms with Crippen molar-refractivity contribution in [1.82, 2.24) is 4.98 Å². The molecule has 0 radical (unpaired) electrons. The number of hydrogen-bond donors (Lipinski definition) is 3. The number of carboxylic acid groups (broad SMARTS) is 2. The van der Waals surface area contributed by atoms with Gasteiger partial charge >= 0.3 is 11.9 Å². The van der Waals surface area contributed by atoms with E-state index < -0.39 is 18.5 Å². The Morgan fingerprint density at radius 3 is 2.61 bits per heavy atom. The van der Waals surface area contributed by atoms with Crippen molar-refractivity contribution in [3.8, 4) is 16.2 Å². The first-order valence-electron chi connectivity index (χ1n) is 9.50. The molecule has 10 heteroatoms. The van der Waals surface area contributed by atoms with E-state index >= 15 is 0 Å². The number of carbonyl (C=O) groups excluding carboxylic acids is 1. The molecule has 0 bridgehead atoms. The Balaban J connectivity index is 1.62. The second-order valence-corrected chi connectivity index (χ2v) is 8.24. The third kappa shape index (κ3) is 4.79. The molecule has 4 aromatic rings. The number of ether oxygens (including phenoxy) is 1. The smallest absolute Gasteiger partial charge is 0.349 e. The average Bonchev–Trinajstić information content (AvgIpc) is 3.14. The Morgan fingerprint density at radius 2 is 1.85 bits per heavy atom. The maximum atomic E-state index is 12.7. The van der Waals surface area contributed by atoms with E-state index in [-0.39, 0.29) is 21.6 Å². The van der Waals surface area contributed by atoms with Gasteiger partial charge in [0.2, 0.25) is 0 Å². The lowest BCUT2D eigenvalue weighted by Gasteiger charge is -2.08. The summed E-state index contributed by atoms with van der Waals surface area (Å²) in [6.45, 7) is -0.730. The highest BCUT2D eigenvalue weighted by Crippen LogP contribution is 2.45. The van der Waals surface area contributed by atoms with Gasteiger partial charge in [0, 0.05) is 17.3 Å². The first-order valence-corrected chi connectivity index (χ1v) is 10.7. The van der Waals surface area contributed by atoms with Gasteiger partial charge in [-0.2, -0.15) is 0 Å². The molecule has 8 nitrogen and oxygen atoms in total. The van der Waals surface area contributed by atoms with Gasteiger partial charge in [0.05, 0.1) is 16.0 Å². The van der Waals surface area contributed by atoms with Crippen molar-refractivity contribution < 1.29 is 29.3 Å². The molecule has 2 heterocycles. The van der Waals surface area contributed by atoms with Crippen molar-refractivity contribution in [2.75, 3.05) is 11.9 Å². The average molecular weight is 483 g/mol. The molecule has 4 rings (SSSR count). The number of rotatable bonds is 7. The van der Waals surface area contributed by atoms with E-state index in [0.29, 0.717) is 21.7 Å². The molecule has 0 unspecified atom stereocenters. The van der Waals surface area contributed by atoms with Gasteiger partial charge in [0.1, 0.15) is 5.02 Å². The van der Waals surface area contributed by atoms with Crippen LogP contribution in [-0.2, 0) is 4.79 Å². The zero-order valence-electron chi connectivity index (χ0n) is 16.7. The van der Waals surface area contributed by atoms with Crippen molar-refractivity contribution in [2.45, 2.75) is 0 Å². The fraction of sp³-hybridized carbons (Fsp3) is 0.0435. The lowest BCUT2D eigenvalue weighted by Crippen LogP contribution is -2.12. The van der Waals surface area contributed by atoms with Gasteiger partial charge in [-0.15, -0.1) is 11.3 Å². The van der Waals surface area contributed by atoms with Crippen LogP contribution in [0.2, 0.25) is 5.02 Å². The minimum atomic E-state index is -1.29. The van der Waals surface area contributed by atoms with Crippen LogP contribution in [0.4, 0.5) is 5.69 Å². The largest absolute Gasteiger partial charge is 0.479 e. The van der Waals surface area contributed by atoms with Gasteiger partial charge in [-0.1, -0.05) is 41.9 Å². The summed E-state index contributed by atoms with van der Waals surface area (Å²) in [7, 11) is 0. The number of halogens is 1. The second-order valence-electron chi connectivity index (χ2n) is 6.84. The number of aliphatic carboxylic acids is 1. The topological polar surface area (TPSA) is 126 Å². The number of hydrogen-bond acceptors (Lipinski definition) is 6. The molecular formula is C23H15ClN2O6S. The van der Waals surface area contributed by atoms with E-state index in [2.05, 4.69) is 10.3 Å². The summed E-state index contributed by atoms with van der Waals surface area (Å²) in [5, 5.41) is 21.9. The number of nitrogens with zero attached hydrogens (tertiary/aromatic N) is 1. The standard InChI is InChI=1S/C23H15ClN2O6S/c24-18-19(32-11-17(27)28)21(23(30)31)33-20(18)13-5-3-6-15(9-13)26-22(29)14-8-12-4-1-2-7-16(12)25-10-14/h1-10H,11H2,(H,26,29)(H,27,28)(H,30,31). The van der Waals surface area contributed by atoms with Crippen molar-refractivity contribution in [3.05, 3.63) is 76.3 Å². The maximum Gasteiger partial charge on any atom is 0.349 e. The third-order valence-electron chi connectivity index (χ3n) is 4.58. The minimum absolute atomic E-state index is 0.0131. The van der Waals surface area contributed by atoms with Crippen molar-refractivity contribution in [2.24, 2.45) is 0 Å². The number of carboxylic acids is 2. The molecule has 0 saturated heterocycles. The zero-order chi connectivity index (χ0) is 23.5. The molecule has 0 atom stereocenters. The zero-order valence-corrected chi connectivity index (χ0v) is 18.3. The predicted molar refractivity (Wildman–Crippen MR) is 125 cm³/mol. The summed E-state index contributed by atoms with van der Waals surface area (Å²) in [4.78, 5) is 39.6. The van der Waals surface area contributed by atoms with Gasteiger partial charge in [0.15, 0.2) is 17.2 Å². The molecule has 0 spiro atoms. The quantitative estimate of drug-likeness (QED) is 0.337. The van der Waals surface area contributed by atoms with Crippen LogP contribution in [0.3, 0.4) is 0 Å². The molecule has 0 saturated carbocycles. The van der Waals surface area contributed by atoms with E-state index in [1.165, 1.54) is 6.20 Å². The normalized spacial score (nSPS) is 10.7. The Labute approximate surface area is 196 Å². The Kier molecular flexibility index (Phi) is 6.25. The summed E-state index contributed by atoms with van der Waals surface area (Å²) < 4.78 is 5.10. The number of thiophene rings is 1. The number of amides is 1. The van der Waals surface area contributed by atoms with E-state index in [1.807, 2.05) is 24.3 Å². The van der Waals surface area contributed by atoms with Gasteiger partial charge < -0.3 is 20.3 Å². The third-order valence-corrected chi connectivity index (χ3v) is 6.26. The molecular weight excluding hydrogens is 468 g/mol. The number of para-hydroxylation sites is 1. The molecule has 0 aliphatic heterocycles. The molecule has 1 amide bonds. The summed E-state index contributed by atoms with van der Waals surface area (Å²) in [5.41, 5.74) is 2.15. The van der Waals surface area contributed by atoms with Crippen LogP contribution < -0.4 is 10.1 Å². The first kappa shape index (κ1) is 22.3. The van der Waals surface area contributed by atoms with E-state index in [0.717, 1.165) is 22.2 Å². The van der Waals surface area contributed by atoms with Crippen LogP contribution in [-0.4, -0.2) is 39.6 Å². The predicted octanol–water partition coefficient (Wildman–Crippen LogP) is 5.03. The van der Waals surface area contributed by atoms with Crippen molar-refractivity contribution >= 4 is 57.4 Å². The highest BCUT2D eigenvalue weighted by atomic mass is 35.5. The number of aromatic carboxylic acids is 1. The van der Waals surface area contributed by atoms with Gasteiger partial charge in [-0.3, -0.25) is 9.78 Å². The molecule has 3 N–H and O–H groups in total. The molecule has 0 aliphatic rings. The molecule has 0 fully saturated rings. The van der Waals surface area contributed by atoms with Crippen LogP contribution >= 0.6 is 22.9 Å². The van der Waals surface area contributed by atoms with E-state index in [4.69, 9.17) is 21.4 Å². The molecule has 166 valence electrons. The fourth-order valence-corrected chi connectivity index (χ4v) is 4.52. The Bertz CT molecular complexity index is 1400. The van der Waals surface area contributed by atoms with Crippen molar-refractivity contribution in [3.63, 3.8) is 0 Å². The highest BCUT2D eigenvalue weighted by Gasteiger charge is 2.25. The van der Waals surface area contributed by atoms with Crippen LogP contribution in [0.15, 0.2) is 60.8 Å². The second kappa shape index (κ2) is 9.27. The molecule has 33 heavy (non-hydrogen) atoms. The van der Waals surface area contributed by atoms with Crippen LogP contribution in [0, 0.1) is 0 Å². The number of fused-ring (bicyclic) bond motifs is 1. The number of carbonyl (C=O) groups is 3. The SMILES string of the molecule is O=C(O)COc1c(C(=O)O)sc(-c2cccc(NC(=O)c3cnc4ccccc4c3)c2)c1Cl.